The Hall–Kier alpha value is -3.73. The molecule has 3 aromatic carbocycles. The third-order valence-corrected chi connectivity index (χ3v) is 5.53. The molecule has 0 spiro atoms. The fourth-order valence-electron chi connectivity index (χ4n) is 3.11. The molecule has 1 heterocycles. The van der Waals surface area contributed by atoms with Crippen molar-refractivity contribution in [3.63, 3.8) is 0 Å². The number of esters is 1. The molecule has 1 aliphatic heterocycles. The molecule has 4 rings (SSSR count). The van der Waals surface area contributed by atoms with Crippen LogP contribution in [0.15, 0.2) is 77.4 Å². The van der Waals surface area contributed by atoms with E-state index in [1.165, 1.54) is 24.3 Å². The van der Waals surface area contributed by atoms with Crippen molar-refractivity contribution in [2.24, 2.45) is 4.99 Å². The second-order valence-corrected chi connectivity index (χ2v) is 8.11. The molecule has 9 heteroatoms. The molecule has 33 heavy (non-hydrogen) atoms. The highest BCUT2D eigenvalue weighted by Gasteiger charge is 2.25. The van der Waals surface area contributed by atoms with E-state index < -0.39 is 10.9 Å². The van der Waals surface area contributed by atoms with Gasteiger partial charge in [0.1, 0.15) is 6.61 Å². The van der Waals surface area contributed by atoms with Crippen molar-refractivity contribution in [3.05, 3.63) is 103 Å². The van der Waals surface area contributed by atoms with Gasteiger partial charge in [0.05, 0.1) is 15.6 Å². The fourth-order valence-corrected chi connectivity index (χ4v) is 3.89. The standard InChI is InChI=1S/C24H17IN2O6/c1-31-21-13-16(11-19(25)22(21)32-14-15-5-3-2-4-6-15)12-20-24(28)33-23(26-20)17-7-9-18(10-8-17)27(29)30/h2-13H,14H2,1H3/b20-12-. The van der Waals surface area contributed by atoms with Crippen molar-refractivity contribution in [3.8, 4) is 11.5 Å². The van der Waals surface area contributed by atoms with Gasteiger partial charge in [-0.1, -0.05) is 30.3 Å². The first-order valence-electron chi connectivity index (χ1n) is 9.76. The largest absolute Gasteiger partial charge is 0.493 e. The molecule has 0 aliphatic carbocycles. The summed E-state index contributed by atoms with van der Waals surface area (Å²) in [4.78, 5) is 26.9. The molecule has 0 fully saturated rings. The van der Waals surface area contributed by atoms with E-state index in [-0.39, 0.29) is 17.3 Å². The number of aliphatic imine (C=N–C) groups is 1. The first kappa shape index (κ1) is 22.5. The zero-order valence-electron chi connectivity index (χ0n) is 17.4. The van der Waals surface area contributed by atoms with Crippen LogP contribution in [0.3, 0.4) is 0 Å². The maximum atomic E-state index is 12.3. The first-order valence-corrected chi connectivity index (χ1v) is 10.8. The molecule has 166 valence electrons. The fraction of sp³-hybridized carbons (Fsp3) is 0.0833. The Morgan fingerprint density at radius 1 is 1.12 bits per heavy atom. The number of nitro benzene ring substituents is 1. The topological polar surface area (TPSA) is 100 Å². The van der Waals surface area contributed by atoms with Crippen LogP contribution in [-0.2, 0) is 16.1 Å². The van der Waals surface area contributed by atoms with Crippen LogP contribution in [0, 0.1) is 13.7 Å². The molecular weight excluding hydrogens is 539 g/mol. The molecule has 0 bridgehead atoms. The third kappa shape index (κ3) is 5.20. The number of carbonyl (C=O) groups excluding carboxylic acids is 1. The molecule has 0 N–H and O–H groups in total. The van der Waals surface area contributed by atoms with Crippen LogP contribution in [0.5, 0.6) is 11.5 Å². The van der Waals surface area contributed by atoms with Gasteiger partial charge in [0.2, 0.25) is 5.90 Å². The Kier molecular flexibility index (Phi) is 6.68. The van der Waals surface area contributed by atoms with E-state index in [2.05, 4.69) is 27.6 Å². The number of nitrogens with zero attached hydrogens (tertiary/aromatic N) is 2. The van der Waals surface area contributed by atoms with Gasteiger partial charge in [-0.3, -0.25) is 10.1 Å². The maximum Gasteiger partial charge on any atom is 0.363 e. The summed E-state index contributed by atoms with van der Waals surface area (Å²) >= 11 is 2.15. The number of nitro groups is 1. The molecule has 0 atom stereocenters. The Bertz CT molecular complexity index is 1270. The van der Waals surface area contributed by atoms with Gasteiger partial charge < -0.3 is 14.2 Å². The smallest absolute Gasteiger partial charge is 0.363 e. The maximum absolute atomic E-state index is 12.3. The minimum atomic E-state index is -0.610. The lowest BCUT2D eigenvalue weighted by Crippen LogP contribution is -2.05. The summed E-state index contributed by atoms with van der Waals surface area (Å²) in [7, 11) is 1.55. The number of benzene rings is 3. The van der Waals surface area contributed by atoms with Gasteiger partial charge in [-0.05, 0) is 64.1 Å². The van der Waals surface area contributed by atoms with E-state index in [0.717, 1.165) is 9.13 Å². The summed E-state index contributed by atoms with van der Waals surface area (Å²) in [5, 5.41) is 10.8. The zero-order chi connectivity index (χ0) is 23.4. The molecule has 3 aromatic rings. The van der Waals surface area contributed by atoms with Crippen LogP contribution in [-0.4, -0.2) is 23.9 Å². The predicted octanol–water partition coefficient (Wildman–Crippen LogP) is 5.13. The average Bonchev–Trinajstić information content (AvgIpc) is 3.18. The van der Waals surface area contributed by atoms with Gasteiger partial charge in [-0.15, -0.1) is 0 Å². The second-order valence-electron chi connectivity index (χ2n) is 6.95. The number of ether oxygens (including phenoxy) is 3. The van der Waals surface area contributed by atoms with Crippen LogP contribution < -0.4 is 9.47 Å². The lowest BCUT2D eigenvalue weighted by molar-refractivity contribution is -0.384. The molecular formula is C24H17IN2O6. The summed E-state index contributed by atoms with van der Waals surface area (Å²) in [5.41, 5.74) is 2.23. The summed E-state index contributed by atoms with van der Waals surface area (Å²) in [6.45, 7) is 0.392. The number of methoxy groups -OCH3 is 1. The van der Waals surface area contributed by atoms with Crippen molar-refractivity contribution in [1.82, 2.24) is 0 Å². The van der Waals surface area contributed by atoms with Gasteiger partial charge in [0.15, 0.2) is 17.2 Å². The Morgan fingerprint density at radius 3 is 2.52 bits per heavy atom. The Balaban J connectivity index is 1.58. The zero-order valence-corrected chi connectivity index (χ0v) is 19.5. The van der Waals surface area contributed by atoms with Crippen molar-refractivity contribution in [2.45, 2.75) is 6.61 Å². The normalized spacial score (nSPS) is 14.1. The van der Waals surface area contributed by atoms with Crippen molar-refractivity contribution in [2.75, 3.05) is 7.11 Å². The summed E-state index contributed by atoms with van der Waals surface area (Å²) in [5.74, 6) is 0.608. The number of carbonyl (C=O) groups is 1. The van der Waals surface area contributed by atoms with E-state index in [0.29, 0.717) is 29.2 Å². The lowest BCUT2D eigenvalue weighted by atomic mass is 10.1. The van der Waals surface area contributed by atoms with Crippen molar-refractivity contribution < 1.29 is 23.9 Å². The number of hydrogen-bond acceptors (Lipinski definition) is 7. The minimum Gasteiger partial charge on any atom is -0.493 e. The van der Waals surface area contributed by atoms with Crippen molar-refractivity contribution >= 4 is 46.2 Å². The molecule has 8 nitrogen and oxygen atoms in total. The third-order valence-electron chi connectivity index (χ3n) is 4.73. The van der Waals surface area contributed by atoms with Gasteiger partial charge in [0.25, 0.3) is 5.69 Å². The number of rotatable bonds is 7. The highest BCUT2D eigenvalue weighted by molar-refractivity contribution is 14.1. The van der Waals surface area contributed by atoms with E-state index in [1.807, 2.05) is 36.4 Å². The highest BCUT2D eigenvalue weighted by Crippen LogP contribution is 2.35. The second kappa shape index (κ2) is 9.82. The van der Waals surface area contributed by atoms with Crippen LogP contribution in [0.25, 0.3) is 6.08 Å². The van der Waals surface area contributed by atoms with Crippen LogP contribution in [0.1, 0.15) is 16.7 Å². The van der Waals surface area contributed by atoms with Crippen LogP contribution in [0.2, 0.25) is 0 Å². The highest BCUT2D eigenvalue weighted by atomic mass is 127. The predicted molar refractivity (Wildman–Crippen MR) is 130 cm³/mol. The molecule has 0 saturated heterocycles. The Labute approximate surface area is 202 Å². The first-order chi connectivity index (χ1) is 15.9. The quantitative estimate of drug-likeness (QED) is 0.132. The average molecular weight is 556 g/mol. The van der Waals surface area contributed by atoms with Gasteiger partial charge in [-0.2, -0.15) is 0 Å². The molecule has 0 saturated carbocycles. The molecule has 0 radical (unpaired) electrons. The number of halogens is 1. The van der Waals surface area contributed by atoms with Crippen molar-refractivity contribution in [1.29, 1.82) is 0 Å². The lowest BCUT2D eigenvalue weighted by Gasteiger charge is -2.13. The molecule has 1 aliphatic rings. The van der Waals surface area contributed by atoms with Gasteiger partial charge in [0, 0.05) is 17.7 Å². The monoisotopic (exact) mass is 556 g/mol. The SMILES string of the molecule is COc1cc(/C=C2\N=C(c3ccc([N+](=O)[O-])cc3)OC2=O)cc(I)c1OCc1ccccc1. The number of cyclic esters (lactones) is 1. The number of hydrogen-bond donors (Lipinski definition) is 0. The van der Waals surface area contributed by atoms with E-state index >= 15 is 0 Å². The van der Waals surface area contributed by atoms with Gasteiger partial charge >= 0.3 is 5.97 Å². The van der Waals surface area contributed by atoms with Crippen LogP contribution in [0.4, 0.5) is 5.69 Å². The van der Waals surface area contributed by atoms with Crippen LogP contribution >= 0.6 is 22.6 Å². The summed E-state index contributed by atoms with van der Waals surface area (Å²) in [6.07, 6.45) is 1.59. The molecule has 0 unspecified atom stereocenters. The summed E-state index contributed by atoms with van der Waals surface area (Å²) < 4.78 is 17.5. The molecule has 0 amide bonds. The van der Waals surface area contributed by atoms with E-state index in [4.69, 9.17) is 14.2 Å². The minimum absolute atomic E-state index is 0.0596. The van der Waals surface area contributed by atoms with E-state index in [1.54, 1.807) is 19.3 Å². The Morgan fingerprint density at radius 2 is 1.85 bits per heavy atom. The van der Waals surface area contributed by atoms with Gasteiger partial charge in [-0.25, -0.2) is 9.79 Å². The molecule has 0 aromatic heterocycles. The number of non-ortho nitro benzene ring substituents is 1. The van der Waals surface area contributed by atoms with E-state index in [9.17, 15) is 14.9 Å². The summed E-state index contributed by atoms with van der Waals surface area (Å²) in [6, 6.07) is 19.0.